The molecule has 3 aromatic rings. The summed E-state index contributed by atoms with van der Waals surface area (Å²) in [7, 11) is -1.43. The summed E-state index contributed by atoms with van der Waals surface area (Å²) in [5.41, 5.74) is 3.19. The molecule has 0 unspecified atom stereocenters. The van der Waals surface area contributed by atoms with E-state index in [0.29, 0.717) is 23.9 Å². The van der Waals surface area contributed by atoms with Crippen molar-refractivity contribution in [3.05, 3.63) is 78.1 Å². The second-order valence-electron chi connectivity index (χ2n) is 6.64. The number of aromatic nitrogens is 2. The average Bonchev–Trinajstić information content (AvgIpc) is 3.25. The number of aliphatic imine (C=N–C) groups is 1. The number of benzene rings is 2. The molecule has 2 N–H and O–H groups in total. The van der Waals surface area contributed by atoms with Crippen LogP contribution in [-0.4, -0.2) is 44.0 Å². The predicted octanol–water partition coefficient (Wildman–Crippen LogP) is 2.18. The van der Waals surface area contributed by atoms with Gasteiger partial charge in [0.15, 0.2) is 15.8 Å². The highest BCUT2D eigenvalue weighted by atomic mass is 32.2. The van der Waals surface area contributed by atoms with Crippen molar-refractivity contribution in [2.45, 2.75) is 17.9 Å². The third-order valence-electron chi connectivity index (χ3n) is 4.42. The first-order valence-corrected chi connectivity index (χ1v) is 11.2. The number of hydrogen-bond donors (Lipinski definition) is 2. The Morgan fingerprint density at radius 1 is 1.07 bits per heavy atom. The first kappa shape index (κ1) is 20.6. The summed E-state index contributed by atoms with van der Waals surface area (Å²) in [6, 6.07) is 17.0. The molecule has 0 amide bonds. The van der Waals surface area contributed by atoms with Crippen LogP contribution >= 0.6 is 0 Å². The standard InChI is InChI=1S/C21H25N5O2S/c1-22-21(23-13-11-17-7-9-20(10-8-17)29(2,27)28)24-16-18-5-3-6-19(15-18)26-14-4-12-25-26/h3-10,12,14-15H,11,13,16H2,1-2H3,(H2,22,23,24). The van der Waals surface area contributed by atoms with E-state index in [2.05, 4.69) is 32.9 Å². The van der Waals surface area contributed by atoms with Gasteiger partial charge in [0.05, 0.1) is 10.6 Å². The number of rotatable bonds is 7. The largest absolute Gasteiger partial charge is 0.356 e. The smallest absolute Gasteiger partial charge is 0.191 e. The molecule has 3 rings (SSSR count). The zero-order valence-corrected chi connectivity index (χ0v) is 17.4. The van der Waals surface area contributed by atoms with Gasteiger partial charge in [-0.2, -0.15) is 5.10 Å². The lowest BCUT2D eigenvalue weighted by Gasteiger charge is -2.13. The monoisotopic (exact) mass is 411 g/mol. The van der Waals surface area contributed by atoms with E-state index < -0.39 is 9.84 Å². The minimum Gasteiger partial charge on any atom is -0.356 e. The normalized spacial score (nSPS) is 12.0. The van der Waals surface area contributed by atoms with Gasteiger partial charge in [0.2, 0.25) is 0 Å². The van der Waals surface area contributed by atoms with E-state index in [9.17, 15) is 8.42 Å². The van der Waals surface area contributed by atoms with Gasteiger partial charge in [-0.05, 0) is 47.9 Å². The lowest BCUT2D eigenvalue weighted by molar-refractivity contribution is 0.602. The van der Waals surface area contributed by atoms with E-state index in [1.54, 1.807) is 25.4 Å². The van der Waals surface area contributed by atoms with Crippen molar-refractivity contribution in [2.75, 3.05) is 19.8 Å². The van der Waals surface area contributed by atoms with Gasteiger partial charge in [0.25, 0.3) is 0 Å². The first-order valence-electron chi connectivity index (χ1n) is 9.28. The van der Waals surface area contributed by atoms with Crippen molar-refractivity contribution >= 4 is 15.8 Å². The van der Waals surface area contributed by atoms with Crippen LogP contribution < -0.4 is 10.6 Å². The van der Waals surface area contributed by atoms with Gasteiger partial charge in [-0.25, -0.2) is 13.1 Å². The maximum Gasteiger partial charge on any atom is 0.191 e. The summed E-state index contributed by atoms with van der Waals surface area (Å²) in [6.45, 7) is 1.32. The van der Waals surface area contributed by atoms with Gasteiger partial charge in [-0.15, -0.1) is 0 Å². The van der Waals surface area contributed by atoms with E-state index in [0.717, 1.165) is 23.2 Å². The number of nitrogens with one attached hydrogen (secondary N) is 2. The van der Waals surface area contributed by atoms with Gasteiger partial charge in [0.1, 0.15) is 0 Å². The molecule has 0 saturated carbocycles. The lowest BCUT2D eigenvalue weighted by atomic mass is 10.1. The quantitative estimate of drug-likeness (QED) is 0.460. The molecular formula is C21H25N5O2S. The Balaban J connectivity index is 1.49. The summed E-state index contributed by atoms with van der Waals surface area (Å²) in [5.74, 6) is 0.710. The number of sulfone groups is 1. The molecule has 0 atom stereocenters. The molecule has 29 heavy (non-hydrogen) atoms. The summed E-state index contributed by atoms with van der Waals surface area (Å²) in [5, 5.41) is 10.8. The Bertz CT molecular complexity index is 1060. The second kappa shape index (κ2) is 9.38. The van der Waals surface area contributed by atoms with E-state index in [1.165, 1.54) is 6.26 Å². The fraction of sp³-hybridized carbons (Fsp3) is 0.238. The Kier molecular flexibility index (Phi) is 6.66. The molecule has 1 heterocycles. The molecule has 8 heteroatoms. The van der Waals surface area contributed by atoms with Crippen LogP contribution in [0.4, 0.5) is 0 Å². The molecule has 0 fully saturated rings. The van der Waals surface area contributed by atoms with Gasteiger partial charge in [0, 0.05) is 38.8 Å². The zero-order valence-electron chi connectivity index (χ0n) is 16.5. The summed E-state index contributed by atoms with van der Waals surface area (Å²) in [4.78, 5) is 4.59. The zero-order chi connectivity index (χ0) is 20.7. The molecule has 0 radical (unpaired) electrons. The highest BCUT2D eigenvalue weighted by molar-refractivity contribution is 7.90. The summed E-state index contributed by atoms with van der Waals surface area (Å²) in [6.07, 6.45) is 5.64. The maximum atomic E-state index is 11.5. The van der Waals surface area contributed by atoms with Crippen LogP contribution in [0.5, 0.6) is 0 Å². The maximum absolute atomic E-state index is 11.5. The van der Waals surface area contributed by atoms with Crippen LogP contribution in [0.15, 0.2) is 76.9 Å². The molecule has 0 saturated heterocycles. The van der Waals surface area contributed by atoms with Crippen molar-refractivity contribution in [2.24, 2.45) is 4.99 Å². The van der Waals surface area contributed by atoms with Crippen molar-refractivity contribution < 1.29 is 8.42 Å². The fourth-order valence-corrected chi connectivity index (χ4v) is 3.50. The Morgan fingerprint density at radius 2 is 1.86 bits per heavy atom. The predicted molar refractivity (Wildman–Crippen MR) is 115 cm³/mol. The highest BCUT2D eigenvalue weighted by Crippen LogP contribution is 2.11. The lowest BCUT2D eigenvalue weighted by Crippen LogP contribution is -2.37. The molecule has 0 spiro atoms. The van der Waals surface area contributed by atoms with Crippen LogP contribution in [0.2, 0.25) is 0 Å². The SMILES string of the molecule is CN=C(NCCc1ccc(S(C)(=O)=O)cc1)NCc1cccc(-n2cccn2)c1. The van der Waals surface area contributed by atoms with Crippen LogP contribution in [0.3, 0.4) is 0 Å². The van der Waals surface area contributed by atoms with E-state index in [4.69, 9.17) is 0 Å². The third kappa shape index (κ3) is 5.92. The van der Waals surface area contributed by atoms with Gasteiger partial charge in [-0.1, -0.05) is 24.3 Å². The highest BCUT2D eigenvalue weighted by Gasteiger charge is 2.06. The molecule has 0 aliphatic rings. The Hall–Kier alpha value is -3.13. The van der Waals surface area contributed by atoms with Gasteiger partial charge < -0.3 is 10.6 Å². The molecule has 0 aliphatic carbocycles. The van der Waals surface area contributed by atoms with Crippen molar-refractivity contribution in [3.8, 4) is 5.69 Å². The number of nitrogens with zero attached hydrogens (tertiary/aromatic N) is 3. The molecule has 152 valence electrons. The average molecular weight is 412 g/mol. The Labute approximate surface area is 171 Å². The molecule has 2 aromatic carbocycles. The third-order valence-corrected chi connectivity index (χ3v) is 5.55. The Morgan fingerprint density at radius 3 is 2.52 bits per heavy atom. The minimum atomic E-state index is -3.16. The van der Waals surface area contributed by atoms with Gasteiger partial charge >= 0.3 is 0 Å². The summed E-state index contributed by atoms with van der Waals surface area (Å²) >= 11 is 0. The summed E-state index contributed by atoms with van der Waals surface area (Å²) < 4.78 is 24.9. The number of hydrogen-bond acceptors (Lipinski definition) is 4. The van der Waals surface area contributed by atoms with E-state index in [1.807, 2.05) is 41.2 Å². The van der Waals surface area contributed by atoms with Gasteiger partial charge in [-0.3, -0.25) is 4.99 Å². The van der Waals surface area contributed by atoms with Crippen LogP contribution in [-0.2, 0) is 22.8 Å². The van der Waals surface area contributed by atoms with Crippen molar-refractivity contribution in [1.82, 2.24) is 20.4 Å². The molecule has 0 bridgehead atoms. The van der Waals surface area contributed by atoms with Crippen LogP contribution in [0, 0.1) is 0 Å². The fourth-order valence-electron chi connectivity index (χ4n) is 2.87. The van der Waals surface area contributed by atoms with Crippen LogP contribution in [0.1, 0.15) is 11.1 Å². The number of guanidine groups is 1. The molecule has 7 nitrogen and oxygen atoms in total. The van der Waals surface area contributed by atoms with E-state index >= 15 is 0 Å². The molecular weight excluding hydrogens is 386 g/mol. The molecule has 0 aliphatic heterocycles. The minimum absolute atomic E-state index is 0.337. The molecule has 1 aromatic heterocycles. The van der Waals surface area contributed by atoms with Crippen molar-refractivity contribution in [3.63, 3.8) is 0 Å². The van der Waals surface area contributed by atoms with Crippen molar-refractivity contribution in [1.29, 1.82) is 0 Å². The second-order valence-corrected chi connectivity index (χ2v) is 8.65. The van der Waals surface area contributed by atoms with E-state index in [-0.39, 0.29) is 0 Å². The van der Waals surface area contributed by atoms with Crippen LogP contribution in [0.25, 0.3) is 5.69 Å². The first-order chi connectivity index (χ1) is 14.0. The topological polar surface area (TPSA) is 88.4 Å².